The van der Waals surface area contributed by atoms with Crippen molar-refractivity contribution in [2.24, 2.45) is 0 Å². The van der Waals surface area contributed by atoms with E-state index in [4.69, 9.17) is 0 Å². The Hall–Kier alpha value is 0.990. The molecule has 38 valence electrons. The molecule has 0 fully saturated rings. The summed E-state index contributed by atoms with van der Waals surface area (Å²) in [6.07, 6.45) is 0. The summed E-state index contributed by atoms with van der Waals surface area (Å²) in [5, 5.41) is 0. The smallest absolute Gasteiger partial charge is 0.147 e. The van der Waals surface area contributed by atoms with Crippen LogP contribution >= 0.6 is 12.4 Å². The van der Waals surface area contributed by atoms with E-state index in [1.165, 1.54) is 21.3 Å². The van der Waals surface area contributed by atoms with Crippen molar-refractivity contribution < 1.29 is 21.3 Å². The number of hydrogen-bond donors (Lipinski definition) is 1. The zero-order valence-corrected chi connectivity index (χ0v) is 7.96. The fraction of sp³-hybridized carbons (Fsp3) is 1.00. The van der Waals surface area contributed by atoms with Gasteiger partial charge < -0.3 is 0 Å². The first-order valence-electron chi connectivity index (χ1n) is 1.67. The van der Waals surface area contributed by atoms with Crippen LogP contribution in [0.15, 0.2) is 0 Å². The number of nitrogens with one attached hydrogen (secondary N) is 1. The molecule has 0 aromatic heterocycles. The van der Waals surface area contributed by atoms with E-state index in [2.05, 4.69) is 17.6 Å². The predicted molar refractivity (Wildman–Crippen MR) is 25.5 cm³/mol. The second-order valence-electron chi connectivity index (χ2n) is 1.28. The molecule has 6 heavy (non-hydrogen) atoms. The van der Waals surface area contributed by atoms with Crippen LogP contribution in [0.25, 0.3) is 0 Å². The van der Waals surface area contributed by atoms with Crippen LogP contribution in [-0.4, -0.2) is 6.04 Å². The first kappa shape index (κ1) is 10.1. The topological polar surface area (TPSA) is 12.0 Å². The Labute approximate surface area is 57.5 Å². The molecule has 0 amide bonds. The maximum absolute atomic E-state index is 3.14. The van der Waals surface area contributed by atoms with Gasteiger partial charge in [0.1, 0.15) is 0 Å². The van der Waals surface area contributed by atoms with E-state index in [1.807, 2.05) is 0 Å². The molecule has 0 aromatic rings. The second-order valence-corrected chi connectivity index (χ2v) is 2.21. The molecule has 1 nitrogen and oxygen atoms in total. The molecule has 0 aliphatic heterocycles. The Kier molecular flexibility index (Phi) is 10.1. The Morgan fingerprint density at radius 2 is 1.67 bits per heavy atom. The van der Waals surface area contributed by atoms with Crippen LogP contribution in [0.2, 0.25) is 0 Å². The molecule has 3 heteroatoms. The van der Waals surface area contributed by atoms with Gasteiger partial charge in [-0.05, 0) is 0 Å². The van der Waals surface area contributed by atoms with Crippen molar-refractivity contribution in [3.63, 3.8) is 0 Å². The Balaban J connectivity index is 0. The van der Waals surface area contributed by atoms with Crippen molar-refractivity contribution in [2.45, 2.75) is 19.9 Å². The van der Waals surface area contributed by atoms with Gasteiger partial charge in [-0.3, -0.25) is 0 Å². The van der Waals surface area contributed by atoms with Crippen molar-refractivity contribution in [1.29, 1.82) is 0 Å². The van der Waals surface area contributed by atoms with Crippen LogP contribution in [0, 0.1) is 0 Å². The summed E-state index contributed by atoms with van der Waals surface area (Å²) in [4.78, 5) is 0. The van der Waals surface area contributed by atoms with E-state index < -0.39 is 0 Å². The van der Waals surface area contributed by atoms with Gasteiger partial charge in [-0.15, -0.1) is 12.4 Å². The van der Waals surface area contributed by atoms with Gasteiger partial charge >= 0.3 is 44.9 Å². The largest absolute Gasteiger partial charge is 0.147 e. The van der Waals surface area contributed by atoms with Gasteiger partial charge in [0.2, 0.25) is 0 Å². The standard InChI is InChI=1S/C3H8N.ClH.Ta/c1-3(2)4;;/h3-4H,1-2H3;1H;/q-1;;+1. The van der Waals surface area contributed by atoms with E-state index in [-0.39, 0.29) is 12.4 Å². The van der Waals surface area contributed by atoms with Crippen molar-refractivity contribution >= 4 is 12.4 Å². The minimum absolute atomic E-state index is 0. The summed E-state index contributed by atoms with van der Waals surface area (Å²) in [6.45, 7) is 4.28. The molecule has 1 N–H and O–H groups in total. The van der Waals surface area contributed by atoms with Crippen LogP contribution in [0.5, 0.6) is 0 Å². The molecule has 0 saturated carbocycles. The molecule has 0 bridgehead atoms. The van der Waals surface area contributed by atoms with Crippen LogP contribution in [0.1, 0.15) is 13.8 Å². The zero-order valence-electron chi connectivity index (χ0n) is 3.93. The van der Waals surface area contributed by atoms with Crippen LogP contribution < -0.4 is 3.72 Å². The van der Waals surface area contributed by atoms with E-state index in [0.717, 1.165) is 0 Å². The molecule has 0 atom stereocenters. The maximum atomic E-state index is 3.14. The fourth-order valence-corrected chi connectivity index (χ4v) is 0. The minimum atomic E-state index is 0. The average molecular weight is 276 g/mol. The zero-order chi connectivity index (χ0) is 4.28. The molecule has 0 aromatic carbocycles. The molecule has 0 radical (unpaired) electrons. The SMILES string of the molecule is CC(C)[NH][Ta].Cl. The van der Waals surface area contributed by atoms with Crippen molar-refractivity contribution in [3.05, 3.63) is 0 Å². The number of hydrogen-bond acceptors (Lipinski definition) is 1. The van der Waals surface area contributed by atoms with E-state index in [0.29, 0.717) is 6.04 Å². The molecule has 0 saturated heterocycles. The summed E-state index contributed by atoms with van der Waals surface area (Å²) >= 11 is 1.29. The summed E-state index contributed by atoms with van der Waals surface area (Å²) in [5.41, 5.74) is 0. The summed E-state index contributed by atoms with van der Waals surface area (Å²) in [6, 6.07) is 0.684. The third-order valence-corrected chi connectivity index (χ3v) is 2.11. The fourth-order valence-electron chi connectivity index (χ4n) is 0. The van der Waals surface area contributed by atoms with Gasteiger partial charge in [0.25, 0.3) is 0 Å². The summed E-state index contributed by atoms with van der Waals surface area (Å²) in [5.74, 6) is 0. The van der Waals surface area contributed by atoms with Gasteiger partial charge in [0.15, 0.2) is 0 Å². The average Bonchev–Trinajstić information content (AvgIpc) is 1.38. The number of rotatable bonds is 1. The minimum Gasteiger partial charge on any atom is -0.147 e. The van der Waals surface area contributed by atoms with E-state index in [1.54, 1.807) is 0 Å². The van der Waals surface area contributed by atoms with Gasteiger partial charge in [-0.1, -0.05) is 0 Å². The molecule has 0 heterocycles. The Morgan fingerprint density at radius 3 is 1.67 bits per heavy atom. The maximum Gasteiger partial charge on any atom is -0.147 e. The van der Waals surface area contributed by atoms with Gasteiger partial charge in [0, 0.05) is 0 Å². The van der Waals surface area contributed by atoms with Crippen LogP contribution in [0.3, 0.4) is 0 Å². The third-order valence-electron chi connectivity index (χ3n) is 0.258. The predicted octanol–water partition coefficient (Wildman–Crippen LogP) is 0.868. The molecule has 0 spiro atoms. The first-order valence-corrected chi connectivity index (χ1v) is 3.27. The molecule has 0 aliphatic carbocycles. The monoisotopic (exact) mass is 275 g/mol. The molecule has 0 aliphatic rings. The molecule has 0 rings (SSSR count). The first-order chi connectivity index (χ1) is 2.27. The quantitative estimate of drug-likeness (QED) is 0.749. The second kappa shape index (κ2) is 5.99. The van der Waals surface area contributed by atoms with E-state index >= 15 is 0 Å². The van der Waals surface area contributed by atoms with Gasteiger partial charge in [-0.25, -0.2) is 0 Å². The number of halogens is 1. The molecular formula is C3H9ClNTa. The Bertz CT molecular complexity index is 24.8. The summed E-state index contributed by atoms with van der Waals surface area (Å²) < 4.78 is 3.14. The van der Waals surface area contributed by atoms with Crippen molar-refractivity contribution in [3.8, 4) is 0 Å². The van der Waals surface area contributed by atoms with Crippen molar-refractivity contribution in [2.75, 3.05) is 0 Å². The van der Waals surface area contributed by atoms with Gasteiger partial charge in [0.05, 0.1) is 0 Å². The normalized spacial score (nSPS) is 7.83. The van der Waals surface area contributed by atoms with Crippen LogP contribution in [-0.2, 0) is 21.3 Å². The van der Waals surface area contributed by atoms with Crippen LogP contribution in [0.4, 0.5) is 0 Å². The van der Waals surface area contributed by atoms with Gasteiger partial charge in [-0.2, -0.15) is 0 Å². The molecular weight excluding hydrogens is 266 g/mol. The third kappa shape index (κ3) is 8.89. The van der Waals surface area contributed by atoms with Crippen molar-refractivity contribution in [1.82, 2.24) is 3.72 Å². The van der Waals surface area contributed by atoms with E-state index in [9.17, 15) is 0 Å². The Morgan fingerprint density at radius 1 is 1.50 bits per heavy atom. The molecule has 0 unspecified atom stereocenters. The summed E-state index contributed by atoms with van der Waals surface area (Å²) in [7, 11) is 0.